The Kier molecular flexibility index (Phi) is 7.15. The Balaban J connectivity index is 0. The van der Waals surface area contributed by atoms with Crippen LogP contribution in [0, 0.1) is 0 Å². The first-order chi connectivity index (χ1) is 6.64. The monoisotopic (exact) mass is 265 g/mol. The fraction of sp³-hybridized carbons (Fsp3) is 0. The molecule has 84 valence electrons. The molecule has 0 unspecified atom stereocenters. The first-order valence-electron chi connectivity index (χ1n) is 3.44. The fourth-order valence-corrected chi connectivity index (χ4v) is 2.27. The molecule has 0 spiro atoms. The number of hydrogen-bond acceptors (Lipinski definition) is 7. The summed E-state index contributed by atoms with van der Waals surface area (Å²) in [6.07, 6.45) is 0. The summed E-state index contributed by atoms with van der Waals surface area (Å²) in [6, 6.07) is 2.60. The van der Waals surface area contributed by atoms with Gasteiger partial charge in [0.15, 0.2) is 0 Å². The SMILES string of the molecule is Nc1c(S(=O)(=O)[O-])cccc1S(=O)(=O)[O-].[Li+].[Li+]. The van der Waals surface area contributed by atoms with Crippen LogP contribution in [0.3, 0.4) is 0 Å². The fourth-order valence-electron chi connectivity index (χ4n) is 0.960. The van der Waals surface area contributed by atoms with Gasteiger partial charge in [-0.2, -0.15) is 0 Å². The summed E-state index contributed by atoms with van der Waals surface area (Å²) < 4.78 is 63.6. The minimum Gasteiger partial charge on any atom is -0.744 e. The molecule has 0 radical (unpaired) electrons. The Hall–Kier alpha value is 0.0348. The van der Waals surface area contributed by atoms with Gasteiger partial charge in [0.1, 0.15) is 20.2 Å². The minimum atomic E-state index is -4.89. The molecular formula is C6H5Li2NO6S2. The zero-order valence-corrected chi connectivity index (χ0v) is 10.7. The van der Waals surface area contributed by atoms with E-state index in [1.165, 1.54) is 0 Å². The van der Waals surface area contributed by atoms with Gasteiger partial charge in [0.2, 0.25) is 0 Å². The van der Waals surface area contributed by atoms with Gasteiger partial charge in [0.05, 0.1) is 15.5 Å². The summed E-state index contributed by atoms with van der Waals surface area (Å²) in [5, 5.41) is 0. The average Bonchev–Trinajstić information content (AvgIpc) is 1.99. The minimum absolute atomic E-state index is 0. The molecule has 11 heteroatoms. The second kappa shape index (κ2) is 6.27. The van der Waals surface area contributed by atoms with Crippen LogP contribution in [0.5, 0.6) is 0 Å². The normalized spacial score (nSPS) is 11.2. The number of para-hydroxylation sites is 1. The van der Waals surface area contributed by atoms with E-state index in [0.29, 0.717) is 0 Å². The number of hydrogen-bond donors (Lipinski definition) is 1. The predicted molar refractivity (Wildman–Crippen MR) is 46.8 cm³/mol. The maximum atomic E-state index is 10.6. The van der Waals surface area contributed by atoms with E-state index in [9.17, 15) is 25.9 Å². The second-order valence-electron chi connectivity index (χ2n) is 2.58. The summed E-state index contributed by atoms with van der Waals surface area (Å²) in [6.45, 7) is 0. The van der Waals surface area contributed by atoms with Crippen molar-refractivity contribution in [3.05, 3.63) is 18.2 Å². The van der Waals surface area contributed by atoms with Crippen LogP contribution in [0.4, 0.5) is 5.69 Å². The third kappa shape index (κ3) is 4.66. The molecule has 0 heterocycles. The first-order valence-corrected chi connectivity index (χ1v) is 6.26. The number of rotatable bonds is 2. The van der Waals surface area contributed by atoms with Crippen LogP contribution < -0.4 is 43.5 Å². The van der Waals surface area contributed by atoms with Crippen LogP contribution in [0.1, 0.15) is 0 Å². The van der Waals surface area contributed by atoms with Crippen molar-refractivity contribution in [3.63, 3.8) is 0 Å². The first kappa shape index (κ1) is 19.4. The Morgan fingerprint density at radius 3 is 1.41 bits per heavy atom. The summed E-state index contributed by atoms with van der Waals surface area (Å²) in [5.41, 5.74) is 4.25. The molecule has 0 fully saturated rings. The van der Waals surface area contributed by atoms with Crippen LogP contribution in [-0.4, -0.2) is 25.9 Å². The average molecular weight is 265 g/mol. The van der Waals surface area contributed by atoms with Gasteiger partial charge in [-0.3, -0.25) is 0 Å². The van der Waals surface area contributed by atoms with Gasteiger partial charge in [-0.15, -0.1) is 0 Å². The van der Waals surface area contributed by atoms with Crippen molar-refractivity contribution in [2.24, 2.45) is 0 Å². The van der Waals surface area contributed by atoms with Crippen molar-refractivity contribution in [2.45, 2.75) is 9.79 Å². The van der Waals surface area contributed by atoms with Crippen molar-refractivity contribution in [1.82, 2.24) is 0 Å². The third-order valence-corrected chi connectivity index (χ3v) is 3.35. The number of nitrogens with two attached hydrogens (primary N) is 1. The van der Waals surface area contributed by atoms with Gasteiger partial charge in [0, 0.05) is 0 Å². The standard InChI is InChI=1S/C6H7NO6S2.2Li/c7-6-4(14(8,9)10)2-1-3-5(6)15(11,12)13;;/h1-3H,7H2,(H,8,9,10)(H,11,12,13);;/q;2*+1/p-2. The molecule has 1 aromatic carbocycles. The smallest absolute Gasteiger partial charge is 0.744 e. The summed E-state index contributed by atoms with van der Waals surface area (Å²) >= 11 is 0. The van der Waals surface area contributed by atoms with E-state index in [4.69, 9.17) is 5.73 Å². The van der Waals surface area contributed by atoms with Crippen molar-refractivity contribution in [3.8, 4) is 0 Å². The largest absolute Gasteiger partial charge is 1.00 e. The molecule has 0 saturated heterocycles. The third-order valence-electron chi connectivity index (χ3n) is 1.56. The van der Waals surface area contributed by atoms with Crippen LogP contribution in [0.15, 0.2) is 28.0 Å². The van der Waals surface area contributed by atoms with E-state index in [2.05, 4.69) is 0 Å². The number of benzene rings is 1. The molecule has 0 aromatic heterocycles. The van der Waals surface area contributed by atoms with Crippen LogP contribution >= 0.6 is 0 Å². The van der Waals surface area contributed by atoms with Gasteiger partial charge < -0.3 is 14.8 Å². The molecule has 0 aliphatic carbocycles. The maximum Gasteiger partial charge on any atom is 1.00 e. The van der Waals surface area contributed by atoms with E-state index in [1.807, 2.05) is 0 Å². The molecule has 7 nitrogen and oxygen atoms in total. The quantitative estimate of drug-likeness (QED) is 0.318. The van der Waals surface area contributed by atoms with E-state index < -0.39 is 35.7 Å². The van der Waals surface area contributed by atoms with E-state index >= 15 is 0 Å². The Morgan fingerprint density at radius 2 is 1.18 bits per heavy atom. The molecule has 1 aromatic rings. The van der Waals surface area contributed by atoms with Gasteiger partial charge in [-0.25, -0.2) is 16.8 Å². The Labute approximate surface area is 123 Å². The maximum absolute atomic E-state index is 10.6. The molecule has 0 aliphatic rings. The van der Waals surface area contributed by atoms with Crippen LogP contribution in [0.25, 0.3) is 0 Å². The molecule has 0 aliphatic heterocycles. The molecule has 17 heavy (non-hydrogen) atoms. The van der Waals surface area contributed by atoms with Gasteiger partial charge >= 0.3 is 37.7 Å². The summed E-state index contributed by atoms with van der Waals surface area (Å²) in [5.74, 6) is 0. The van der Waals surface area contributed by atoms with Crippen molar-refractivity contribution < 1.29 is 63.7 Å². The van der Waals surface area contributed by atoms with Crippen LogP contribution in [0.2, 0.25) is 0 Å². The van der Waals surface area contributed by atoms with Crippen molar-refractivity contribution in [2.75, 3.05) is 5.73 Å². The number of nitrogen functional groups attached to an aromatic ring is 1. The molecule has 0 saturated carbocycles. The van der Waals surface area contributed by atoms with Crippen molar-refractivity contribution >= 4 is 25.9 Å². The molecule has 0 atom stereocenters. The van der Waals surface area contributed by atoms with Gasteiger partial charge in [-0.05, 0) is 12.1 Å². The zero-order chi connectivity index (χ0) is 11.9. The molecular weight excluding hydrogens is 260 g/mol. The molecule has 0 bridgehead atoms. The Bertz CT molecular complexity index is 547. The van der Waals surface area contributed by atoms with Gasteiger partial charge in [0.25, 0.3) is 0 Å². The summed E-state index contributed by atoms with van der Waals surface area (Å²) in [7, 11) is -9.79. The molecule has 1 rings (SSSR count). The molecule has 0 amide bonds. The second-order valence-corrected chi connectivity index (χ2v) is 5.27. The van der Waals surface area contributed by atoms with E-state index in [0.717, 1.165) is 18.2 Å². The summed E-state index contributed by atoms with van der Waals surface area (Å²) in [4.78, 5) is -1.83. The Morgan fingerprint density at radius 1 is 0.882 bits per heavy atom. The van der Waals surface area contributed by atoms with Crippen molar-refractivity contribution in [1.29, 1.82) is 0 Å². The van der Waals surface area contributed by atoms with E-state index in [-0.39, 0.29) is 37.7 Å². The zero-order valence-electron chi connectivity index (χ0n) is 9.08. The number of anilines is 1. The van der Waals surface area contributed by atoms with E-state index in [1.54, 1.807) is 0 Å². The van der Waals surface area contributed by atoms with Crippen LogP contribution in [-0.2, 0) is 20.2 Å². The van der Waals surface area contributed by atoms with Gasteiger partial charge in [-0.1, -0.05) is 6.07 Å². The topological polar surface area (TPSA) is 140 Å². The predicted octanol–water partition coefficient (Wildman–Crippen LogP) is -6.92. The molecule has 2 N–H and O–H groups in total.